The van der Waals surface area contributed by atoms with Crippen molar-refractivity contribution in [2.45, 2.75) is 57.4 Å². The molecule has 1 N–H and O–H groups in total. The SMILES string of the molecule is COc1ccc2cc1Oc1cccc(c1)CO[C@@H]1CCN(C(=O)C3(Cn4ccnc4)CC3)C[C@@H]1NC(=O)CC2. The maximum absolute atomic E-state index is 13.6. The fourth-order valence-electron chi connectivity index (χ4n) is 5.63. The molecule has 2 fully saturated rings. The van der Waals surface area contributed by atoms with Crippen LogP contribution in [0.4, 0.5) is 0 Å². The number of aromatic nitrogens is 2. The van der Waals surface area contributed by atoms with Crippen molar-refractivity contribution in [1.29, 1.82) is 0 Å². The molecule has 39 heavy (non-hydrogen) atoms. The molecule has 2 atom stereocenters. The van der Waals surface area contributed by atoms with E-state index in [4.69, 9.17) is 14.2 Å². The Bertz CT molecular complexity index is 1340. The van der Waals surface area contributed by atoms with E-state index in [0.29, 0.717) is 62.8 Å². The van der Waals surface area contributed by atoms with Crippen molar-refractivity contribution in [2.24, 2.45) is 5.41 Å². The topological polar surface area (TPSA) is 94.9 Å². The molecule has 2 aliphatic heterocycles. The number of likely N-dealkylation sites (tertiary alicyclic amines) is 1. The Morgan fingerprint density at radius 3 is 2.87 bits per heavy atom. The van der Waals surface area contributed by atoms with Crippen molar-refractivity contribution in [3.05, 3.63) is 72.3 Å². The fraction of sp³-hybridized carbons (Fsp3) is 0.433. The zero-order valence-electron chi connectivity index (χ0n) is 22.2. The average Bonchev–Trinajstić information content (AvgIpc) is 3.55. The third-order valence-corrected chi connectivity index (χ3v) is 7.99. The van der Waals surface area contributed by atoms with Crippen molar-refractivity contribution in [3.63, 3.8) is 0 Å². The Balaban J connectivity index is 1.21. The zero-order chi connectivity index (χ0) is 26.8. The molecule has 204 valence electrons. The Morgan fingerprint density at radius 1 is 1.18 bits per heavy atom. The molecule has 0 radical (unpaired) electrons. The minimum Gasteiger partial charge on any atom is -0.493 e. The van der Waals surface area contributed by atoms with Gasteiger partial charge in [0.1, 0.15) is 5.75 Å². The Morgan fingerprint density at radius 2 is 2.08 bits per heavy atom. The first-order valence-corrected chi connectivity index (χ1v) is 13.6. The predicted molar refractivity (Wildman–Crippen MR) is 143 cm³/mol. The summed E-state index contributed by atoms with van der Waals surface area (Å²) in [6, 6.07) is 13.3. The van der Waals surface area contributed by atoms with Crippen molar-refractivity contribution >= 4 is 11.8 Å². The number of nitrogens with one attached hydrogen (secondary N) is 1. The Hall–Kier alpha value is -3.85. The van der Waals surface area contributed by atoms with E-state index in [0.717, 1.165) is 24.0 Å². The molecule has 3 aromatic rings. The number of carbonyl (C=O) groups excluding carboxylic acids is 2. The monoisotopic (exact) mass is 530 g/mol. The average molecular weight is 531 g/mol. The van der Waals surface area contributed by atoms with E-state index < -0.39 is 0 Å². The highest BCUT2D eigenvalue weighted by Gasteiger charge is 2.52. The number of imidazole rings is 1. The number of benzene rings is 2. The molecule has 9 nitrogen and oxygen atoms in total. The van der Waals surface area contributed by atoms with Crippen LogP contribution in [0.5, 0.6) is 17.2 Å². The molecule has 2 aromatic carbocycles. The van der Waals surface area contributed by atoms with Gasteiger partial charge in [0.2, 0.25) is 11.8 Å². The van der Waals surface area contributed by atoms with Gasteiger partial charge < -0.3 is 29.0 Å². The van der Waals surface area contributed by atoms with Crippen LogP contribution in [0.25, 0.3) is 0 Å². The first-order valence-electron chi connectivity index (χ1n) is 13.6. The van der Waals surface area contributed by atoms with Crippen LogP contribution in [0.3, 0.4) is 0 Å². The predicted octanol–water partition coefficient (Wildman–Crippen LogP) is 3.71. The Labute approximate surface area is 228 Å². The van der Waals surface area contributed by atoms with Gasteiger partial charge in [-0.05, 0) is 61.1 Å². The molecule has 1 saturated heterocycles. The lowest BCUT2D eigenvalue weighted by molar-refractivity contribution is -0.143. The molecule has 1 aromatic heterocycles. The first-order chi connectivity index (χ1) is 19.0. The summed E-state index contributed by atoms with van der Waals surface area (Å²) >= 11 is 0. The molecule has 3 heterocycles. The van der Waals surface area contributed by atoms with Gasteiger partial charge >= 0.3 is 0 Å². The second-order valence-corrected chi connectivity index (χ2v) is 10.8. The third-order valence-electron chi connectivity index (χ3n) is 7.99. The van der Waals surface area contributed by atoms with Crippen molar-refractivity contribution in [1.82, 2.24) is 19.8 Å². The van der Waals surface area contributed by atoms with Crippen molar-refractivity contribution in [2.75, 3.05) is 20.2 Å². The second-order valence-electron chi connectivity index (χ2n) is 10.8. The molecule has 9 heteroatoms. The van der Waals surface area contributed by atoms with E-state index in [1.54, 1.807) is 19.6 Å². The number of hydrogen-bond acceptors (Lipinski definition) is 6. The summed E-state index contributed by atoms with van der Waals surface area (Å²) in [4.78, 5) is 32.8. The van der Waals surface area contributed by atoms with Gasteiger partial charge in [-0.1, -0.05) is 18.2 Å². The summed E-state index contributed by atoms with van der Waals surface area (Å²) in [7, 11) is 1.61. The molecular formula is C30H34N4O5. The van der Waals surface area contributed by atoms with E-state index in [-0.39, 0.29) is 29.4 Å². The minimum atomic E-state index is -0.370. The van der Waals surface area contributed by atoms with Crippen LogP contribution < -0.4 is 14.8 Å². The number of rotatable bonds is 4. The van der Waals surface area contributed by atoms with Crippen LogP contribution in [0.15, 0.2) is 61.2 Å². The molecule has 2 amide bonds. The number of hydrogen-bond donors (Lipinski definition) is 1. The second kappa shape index (κ2) is 10.7. The van der Waals surface area contributed by atoms with Crippen LogP contribution in [-0.4, -0.2) is 58.6 Å². The highest BCUT2D eigenvalue weighted by molar-refractivity contribution is 5.85. The third kappa shape index (κ3) is 5.63. The molecule has 0 spiro atoms. The molecule has 1 aliphatic carbocycles. The summed E-state index contributed by atoms with van der Waals surface area (Å²) in [5.74, 6) is 2.04. The van der Waals surface area contributed by atoms with Crippen LogP contribution in [0, 0.1) is 5.41 Å². The van der Waals surface area contributed by atoms with Gasteiger partial charge in [0.05, 0.1) is 37.6 Å². The van der Waals surface area contributed by atoms with Gasteiger partial charge in [-0.25, -0.2) is 4.98 Å². The van der Waals surface area contributed by atoms with Gasteiger partial charge in [-0.15, -0.1) is 0 Å². The molecule has 1 saturated carbocycles. The lowest BCUT2D eigenvalue weighted by Crippen LogP contribution is -2.58. The van der Waals surface area contributed by atoms with E-state index in [1.807, 2.05) is 58.1 Å². The van der Waals surface area contributed by atoms with Gasteiger partial charge in [-0.2, -0.15) is 0 Å². The van der Waals surface area contributed by atoms with Crippen molar-refractivity contribution < 1.29 is 23.8 Å². The maximum atomic E-state index is 13.6. The summed E-state index contributed by atoms with van der Waals surface area (Å²) in [6.45, 7) is 2.07. The number of piperidine rings is 1. The molecule has 6 rings (SSSR count). The quantitative estimate of drug-likeness (QED) is 0.553. The molecular weight excluding hydrogens is 496 g/mol. The van der Waals surface area contributed by atoms with Crippen LogP contribution in [0.2, 0.25) is 0 Å². The normalized spacial score (nSPS) is 22.4. The lowest BCUT2D eigenvalue weighted by atomic mass is 9.97. The highest BCUT2D eigenvalue weighted by atomic mass is 16.5. The van der Waals surface area contributed by atoms with E-state index in [2.05, 4.69) is 10.3 Å². The summed E-state index contributed by atoms with van der Waals surface area (Å²) < 4.78 is 20.0. The van der Waals surface area contributed by atoms with E-state index in [1.165, 1.54) is 0 Å². The van der Waals surface area contributed by atoms with E-state index >= 15 is 0 Å². The smallest absolute Gasteiger partial charge is 0.230 e. The largest absolute Gasteiger partial charge is 0.493 e. The molecule has 3 aliphatic rings. The van der Waals surface area contributed by atoms with Gasteiger partial charge in [-0.3, -0.25) is 9.59 Å². The Kier molecular flexibility index (Phi) is 6.99. The van der Waals surface area contributed by atoms with Gasteiger partial charge in [0, 0.05) is 38.4 Å². The summed E-state index contributed by atoms with van der Waals surface area (Å²) in [5.41, 5.74) is 1.58. The number of ether oxygens (including phenoxy) is 3. The maximum Gasteiger partial charge on any atom is 0.230 e. The number of nitrogens with zero attached hydrogens (tertiary/aromatic N) is 3. The van der Waals surface area contributed by atoms with Gasteiger partial charge in [0.25, 0.3) is 0 Å². The minimum absolute atomic E-state index is 0.0591. The number of methoxy groups -OCH3 is 1. The standard InChI is InChI=1S/C30H34N4O5/c1-37-26-7-5-21-6-8-28(35)32-24-17-34(29(36)30(10-11-30)19-33-14-12-31-20-33)13-9-25(24)38-18-22-3-2-4-23(15-22)39-27(26)16-21/h2-5,7,12,14-16,20,24-25H,6,8-11,13,17-19H2,1H3,(H,32,35)/t24-,25+/m0/s1. The zero-order valence-corrected chi connectivity index (χ0v) is 22.2. The fourth-order valence-corrected chi connectivity index (χ4v) is 5.63. The summed E-state index contributed by atoms with van der Waals surface area (Å²) in [6.07, 6.45) is 8.49. The van der Waals surface area contributed by atoms with Gasteiger partial charge in [0.15, 0.2) is 11.5 Å². The van der Waals surface area contributed by atoms with Crippen LogP contribution >= 0.6 is 0 Å². The number of carbonyl (C=O) groups is 2. The van der Waals surface area contributed by atoms with Crippen LogP contribution in [-0.2, 0) is 33.9 Å². The molecule has 0 unspecified atom stereocenters. The number of aryl methyl sites for hydroxylation is 1. The highest BCUT2D eigenvalue weighted by Crippen LogP contribution is 2.49. The van der Waals surface area contributed by atoms with Crippen molar-refractivity contribution in [3.8, 4) is 17.2 Å². The van der Waals surface area contributed by atoms with E-state index in [9.17, 15) is 9.59 Å². The lowest BCUT2D eigenvalue weighted by Gasteiger charge is -2.40. The first kappa shape index (κ1) is 25.4. The molecule has 4 bridgehead atoms. The number of amides is 2. The number of fused-ring (bicyclic) bond motifs is 5. The summed E-state index contributed by atoms with van der Waals surface area (Å²) in [5, 5.41) is 3.20. The van der Waals surface area contributed by atoms with Crippen LogP contribution in [0.1, 0.15) is 36.8 Å².